The highest BCUT2D eigenvalue weighted by Crippen LogP contribution is 2.28. The van der Waals surface area contributed by atoms with Crippen LogP contribution in [0.3, 0.4) is 0 Å². The van der Waals surface area contributed by atoms with Crippen molar-refractivity contribution in [3.8, 4) is 5.69 Å². The molecule has 0 aliphatic heterocycles. The second-order valence-electron chi connectivity index (χ2n) is 8.19. The lowest BCUT2D eigenvalue weighted by molar-refractivity contribution is -0.136. The van der Waals surface area contributed by atoms with Crippen molar-refractivity contribution in [2.45, 2.75) is 45.7 Å². The van der Waals surface area contributed by atoms with E-state index in [4.69, 9.17) is 4.74 Å². The van der Waals surface area contributed by atoms with E-state index < -0.39 is 5.97 Å². The number of carbonyl (C=O) groups excluding carboxylic acids is 2. The van der Waals surface area contributed by atoms with Gasteiger partial charge in [0, 0.05) is 23.8 Å². The number of hydrogen-bond acceptors (Lipinski definition) is 4. The molecule has 4 rings (SSSR count). The fourth-order valence-electron chi connectivity index (χ4n) is 4.01. The predicted octanol–water partition coefficient (Wildman–Crippen LogP) is 4.09. The Hall–Kier alpha value is -3.48. The normalized spacial score (nSPS) is 12.6. The maximum Gasteiger partial charge on any atom is 0.359 e. The molecule has 1 heterocycles. The minimum Gasteiger partial charge on any atom is -0.451 e. The zero-order valence-electron chi connectivity index (χ0n) is 18.3. The average Bonchev–Trinajstić information content (AvgIpc) is 3.40. The van der Waals surface area contributed by atoms with Crippen LogP contribution in [0.2, 0.25) is 0 Å². The van der Waals surface area contributed by atoms with Crippen molar-refractivity contribution in [1.29, 1.82) is 0 Å². The van der Waals surface area contributed by atoms with Gasteiger partial charge in [-0.15, -0.1) is 0 Å². The molecular formula is C25H26FN3O3. The minimum atomic E-state index is -0.610. The maximum absolute atomic E-state index is 13.3. The fourth-order valence-corrected chi connectivity index (χ4v) is 4.01. The molecule has 0 N–H and O–H groups in total. The molecule has 1 amide bonds. The SMILES string of the molecule is CC(C)N(Cc1ccccc1)C(=O)COC(=O)c1nn(-c2ccc(F)cc2)c2c1CCC2. The van der Waals surface area contributed by atoms with Gasteiger partial charge in [-0.25, -0.2) is 13.9 Å². The van der Waals surface area contributed by atoms with Crippen LogP contribution < -0.4 is 0 Å². The Bertz CT molecular complexity index is 1110. The molecule has 7 heteroatoms. The van der Waals surface area contributed by atoms with Crippen LogP contribution in [0.5, 0.6) is 0 Å². The molecule has 0 saturated carbocycles. The Kier molecular flexibility index (Phi) is 6.35. The molecule has 166 valence electrons. The summed E-state index contributed by atoms with van der Waals surface area (Å²) in [5.41, 5.74) is 3.71. The first-order chi connectivity index (χ1) is 15.4. The Morgan fingerprint density at radius 3 is 2.50 bits per heavy atom. The third-order valence-electron chi connectivity index (χ3n) is 5.66. The van der Waals surface area contributed by atoms with Crippen LogP contribution >= 0.6 is 0 Å². The van der Waals surface area contributed by atoms with Gasteiger partial charge in [0.1, 0.15) is 5.82 Å². The fraction of sp³-hybridized carbons (Fsp3) is 0.320. The molecule has 1 aliphatic carbocycles. The van der Waals surface area contributed by atoms with Crippen LogP contribution in [-0.4, -0.2) is 39.2 Å². The lowest BCUT2D eigenvalue weighted by Gasteiger charge is -2.26. The number of aromatic nitrogens is 2. The summed E-state index contributed by atoms with van der Waals surface area (Å²) < 4.78 is 20.4. The highest BCUT2D eigenvalue weighted by Gasteiger charge is 2.29. The molecule has 0 bridgehead atoms. The van der Waals surface area contributed by atoms with E-state index in [9.17, 15) is 14.0 Å². The van der Waals surface area contributed by atoms with Crippen molar-refractivity contribution in [1.82, 2.24) is 14.7 Å². The van der Waals surface area contributed by atoms with Gasteiger partial charge in [-0.3, -0.25) is 4.79 Å². The van der Waals surface area contributed by atoms with Crippen molar-refractivity contribution >= 4 is 11.9 Å². The van der Waals surface area contributed by atoms with E-state index in [1.807, 2.05) is 44.2 Å². The largest absolute Gasteiger partial charge is 0.451 e. The third kappa shape index (κ3) is 4.56. The molecule has 0 radical (unpaired) electrons. The second kappa shape index (κ2) is 9.34. The van der Waals surface area contributed by atoms with Crippen molar-refractivity contribution in [2.24, 2.45) is 0 Å². The highest BCUT2D eigenvalue weighted by atomic mass is 19.1. The first kappa shape index (κ1) is 21.7. The molecule has 0 spiro atoms. The van der Waals surface area contributed by atoms with Crippen molar-refractivity contribution in [3.05, 3.63) is 82.9 Å². The van der Waals surface area contributed by atoms with Gasteiger partial charge in [-0.05, 0) is 62.9 Å². The van der Waals surface area contributed by atoms with Gasteiger partial charge in [0.15, 0.2) is 12.3 Å². The number of nitrogens with zero attached hydrogens (tertiary/aromatic N) is 3. The predicted molar refractivity (Wildman–Crippen MR) is 118 cm³/mol. The van der Waals surface area contributed by atoms with E-state index in [-0.39, 0.29) is 30.1 Å². The Morgan fingerprint density at radius 1 is 1.09 bits per heavy atom. The Morgan fingerprint density at radius 2 is 1.81 bits per heavy atom. The summed E-state index contributed by atoms with van der Waals surface area (Å²) in [5, 5.41) is 4.45. The Labute approximate surface area is 186 Å². The number of amides is 1. The molecule has 0 saturated heterocycles. The molecule has 2 aromatic carbocycles. The first-order valence-electron chi connectivity index (χ1n) is 10.8. The van der Waals surface area contributed by atoms with Crippen LogP contribution in [0.1, 0.15) is 47.6 Å². The molecule has 6 nitrogen and oxygen atoms in total. The summed E-state index contributed by atoms with van der Waals surface area (Å²) in [6.45, 7) is 3.96. The van der Waals surface area contributed by atoms with E-state index in [1.54, 1.807) is 21.7 Å². The summed E-state index contributed by atoms with van der Waals surface area (Å²) in [6, 6.07) is 15.6. The van der Waals surface area contributed by atoms with E-state index in [0.29, 0.717) is 12.2 Å². The van der Waals surface area contributed by atoms with Gasteiger partial charge >= 0.3 is 5.97 Å². The van der Waals surface area contributed by atoms with Crippen LogP contribution in [0, 0.1) is 5.82 Å². The van der Waals surface area contributed by atoms with Crippen LogP contribution in [0.15, 0.2) is 54.6 Å². The molecule has 0 atom stereocenters. The number of hydrogen-bond donors (Lipinski definition) is 0. The monoisotopic (exact) mass is 435 g/mol. The summed E-state index contributed by atoms with van der Waals surface area (Å²) in [5.74, 6) is -1.20. The van der Waals surface area contributed by atoms with Crippen molar-refractivity contribution in [2.75, 3.05) is 6.61 Å². The van der Waals surface area contributed by atoms with Gasteiger partial charge in [0.2, 0.25) is 0 Å². The zero-order valence-corrected chi connectivity index (χ0v) is 18.3. The summed E-state index contributed by atoms with van der Waals surface area (Å²) in [7, 11) is 0. The lowest BCUT2D eigenvalue weighted by atomic mass is 10.2. The van der Waals surface area contributed by atoms with E-state index in [2.05, 4.69) is 5.10 Å². The Balaban J connectivity index is 1.47. The highest BCUT2D eigenvalue weighted by molar-refractivity contribution is 5.91. The number of esters is 1. The molecular weight excluding hydrogens is 409 g/mol. The summed E-state index contributed by atoms with van der Waals surface area (Å²) in [4.78, 5) is 27.3. The van der Waals surface area contributed by atoms with Crippen LogP contribution in [-0.2, 0) is 28.9 Å². The number of ether oxygens (including phenoxy) is 1. The van der Waals surface area contributed by atoms with E-state index in [0.717, 1.165) is 36.1 Å². The topological polar surface area (TPSA) is 64.4 Å². The van der Waals surface area contributed by atoms with Gasteiger partial charge in [-0.1, -0.05) is 30.3 Å². The second-order valence-corrected chi connectivity index (χ2v) is 8.19. The molecule has 1 aromatic heterocycles. The maximum atomic E-state index is 13.3. The number of halogens is 1. The van der Waals surface area contributed by atoms with Crippen LogP contribution in [0.4, 0.5) is 4.39 Å². The number of carbonyl (C=O) groups is 2. The van der Waals surface area contributed by atoms with E-state index in [1.165, 1.54) is 12.1 Å². The standard InChI is InChI=1S/C25H26FN3O3/c1-17(2)28(15-18-7-4-3-5-8-18)23(30)16-32-25(31)24-21-9-6-10-22(21)29(27-24)20-13-11-19(26)12-14-20/h3-5,7-8,11-14,17H,6,9-10,15-16H2,1-2H3. The third-order valence-corrected chi connectivity index (χ3v) is 5.66. The smallest absolute Gasteiger partial charge is 0.359 e. The number of rotatable bonds is 7. The quantitative estimate of drug-likeness (QED) is 0.525. The van der Waals surface area contributed by atoms with Gasteiger partial charge in [0.25, 0.3) is 5.91 Å². The lowest BCUT2D eigenvalue weighted by Crippen LogP contribution is -2.39. The van der Waals surface area contributed by atoms with Gasteiger partial charge in [0.05, 0.1) is 5.69 Å². The number of fused-ring (bicyclic) bond motifs is 1. The van der Waals surface area contributed by atoms with Crippen molar-refractivity contribution in [3.63, 3.8) is 0 Å². The van der Waals surface area contributed by atoms with Gasteiger partial charge < -0.3 is 9.64 Å². The molecule has 32 heavy (non-hydrogen) atoms. The van der Waals surface area contributed by atoms with Gasteiger partial charge in [-0.2, -0.15) is 5.10 Å². The van der Waals surface area contributed by atoms with Crippen molar-refractivity contribution < 1.29 is 18.7 Å². The van der Waals surface area contributed by atoms with Crippen LogP contribution in [0.25, 0.3) is 5.69 Å². The zero-order chi connectivity index (χ0) is 22.7. The number of benzene rings is 2. The first-order valence-corrected chi connectivity index (χ1v) is 10.8. The molecule has 0 unspecified atom stereocenters. The average molecular weight is 435 g/mol. The summed E-state index contributed by atoms with van der Waals surface area (Å²) in [6.07, 6.45) is 2.41. The summed E-state index contributed by atoms with van der Waals surface area (Å²) >= 11 is 0. The van der Waals surface area contributed by atoms with E-state index >= 15 is 0 Å². The molecule has 3 aromatic rings. The minimum absolute atomic E-state index is 0.0386. The molecule has 0 fully saturated rings. The molecule has 1 aliphatic rings.